The van der Waals surface area contributed by atoms with Crippen molar-refractivity contribution in [3.8, 4) is 0 Å². The van der Waals surface area contributed by atoms with Crippen molar-refractivity contribution in [2.75, 3.05) is 5.75 Å². The van der Waals surface area contributed by atoms with Crippen molar-refractivity contribution >= 4 is 21.7 Å². The van der Waals surface area contributed by atoms with Gasteiger partial charge in [0.2, 0.25) is 0 Å². The standard InChI is InChI=1S/C6H11NO6S/c1-2-4(6(10)7-11)14(12,13)3-5(8)9/h4,11H,2-3H2,1H3,(H,7,10)(H,8,9). The highest BCUT2D eigenvalue weighted by molar-refractivity contribution is 7.93. The predicted molar refractivity (Wildman–Crippen MR) is 45.4 cm³/mol. The highest BCUT2D eigenvalue weighted by Crippen LogP contribution is 2.07. The molecule has 0 spiro atoms. The number of rotatable bonds is 5. The summed E-state index contributed by atoms with van der Waals surface area (Å²) in [6, 6.07) is 0. The third-order valence-electron chi connectivity index (χ3n) is 1.53. The summed E-state index contributed by atoms with van der Waals surface area (Å²) in [5.74, 6) is -3.78. The van der Waals surface area contributed by atoms with Crippen LogP contribution in [0.2, 0.25) is 0 Å². The van der Waals surface area contributed by atoms with Crippen LogP contribution in [0.1, 0.15) is 13.3 Å². The Bertz CT molecular complexity index is 321. The van der Waals surface area contributed by atoms with Gasteiger partial charge in [0, 0.05) is 0 Å². The van der Waals surface area contributed by atoms with Gasteiger partial charge in [-0.2, -0.15) is 0 Å². The molecule has 0 aromatic rings. The predicted octanol–water partition coefficient (Wildman–Crippen LogP) is -1.23. The van der Waals surface area contributed by atoms with Crippen molar-refractivity contribution in [2.24, 2.45) is 0 Å². The Hall–Kier alpha value is -1.15. The van der Waals surface area contributed by atoms with Gasteiger partial charge >= 0.3 is 5.97 Å². The lowest BCUT2D eigenvalue weighted by molar-refractivity contribution is -0.134. The van der Waals surface area contributed by atoms with E-state index in [1.165, 1.54) is 12.4 Å². The number of hydroxylamine groups is 1. The molecular weight excluding hydrogens is 214 g/mol. The maximum Gasteiger partial charge on any atom is 0.318 e. The molecule has 0 rings (SSSR count). The van der Waals surface area contributed by atoms with Crippen molar-refractivity contribution in [2.45, 2.75) is 18.6 Å². The lowest BCUT2D eigenvalue weighted by Crippen LogP contribution is -2.40. The van der Waals surface area contributed by atoms with Gasteiger partial charge in [-0.25, -0.2) is 13.9 Å². The van der Waals surface area contributed by atoms with Crippen LogP contribution in [0, 0.1) is 0 Å². The zero-order chi connectivity index (χ0) is 11.4. The Morgan fingerprint density at radius 1 is 1.43 bits per heavy atom. The molecule has 0 aromatic carbocycles. The topological polar surface area (TPSA) is 121 Å². The van der Waals surface area contributed by atoms with Gasteiger partial charge in [-0.3, -0.25) is 14.8 Å². The number of carboxylic acid groups (broad SMARTS) is 1. The Morgan fingerprint density at radius 3 is 2.21 bits per heavy atom. The summed E-state index contributed by atoms with van der Waals surface area (Å²) >= 11 is 0. The number of carbonyl (C=O) groups is 2. The van der Waals surface area contributed by atoms with Crippen molar-refractivity contribution in [3.63, 3.8) is 0 Å². The van der Waals surface area contributed by atoms with Gasteiger partial charge in [-0.05, 0) is 6.42 Å². The SMILES string of the molecule is CCC(C(=O)NO)S(=O)(=O)CC(=O)O. The third kappa shape index (κ3) is 3.30. The summed E-state index contributed by atoms with van der Waals surface area (Å²) < 4.78 is 22.4. The van der Waals surface area contributed by atoms with Crippen molar-refractivity contribution < 1.29 is 28.3 Å². The van der Waals surface area contributed by atoms with Gasteiger partial charge in [0.05, 0.1) is 0 Å². The van der Waals surface area contributed by atoms with Crippen LogP contribution >= 0.6 is 0 Å². The van der Waals surface area contributed by atoms with Crippen molar-refractivity contribution in [3.05, 3.63) is 0 Å². The van der Waals surface area contributed by atoms with Crippen LogP contribution in [0.4, 0.5) is 0 Å². The molecule has 0 radical (unpaired) electrons. The van der Waals surface area contributed by atoms with Crippen molar-refractivity contribution in [1.82, 2.24) is 5.48 Å². The number of nitrogens with one attached hydrogen (secondary N) is 1. The summed E-state index contributed by atoms with van der Waals surface area (Å²) in [5.41, 5.74) is 1.18. The van der Waals surface area contributed by atoms with E-state index in [9.17, 15) is 18.0 Å². The minimum Gasteiger partial charge on any atom is -0.480 e. The first-order valence-corrected chi connectivity index (χ1v) is 5.44. The minimum atomic E-state index is -4.05. The van der Waals surface area contributed by atoms with Gasteiger partial charge in [0.15, 0.2) is 9.84 Å². The molecule has 0 aliphatic heterocycles. The van der Waals surface area contributed by atoms with E-state index >= 15 is 0 Å². The second-order valence-corrected chi connectivity index (χ2v) is 4.76. The number of aliphatic carboxylic acids is 1. The number of hydrogen-bond donors (Lipinski definition) is 3. The van der Waals surface area contributed by atoms with Gasteiger partial charge in [-0.15, -0.1) is 0 Å². The third-order valence-corrected chi connectivity index (χ3v) is 3.60. The number of hydrogen-bond acceptors (Lipinski definition) is 5. The average molecular weight is 225 g/mol. The lowest BCUT2D eigenvalue weighted by atomic mass is 10.3. The summed E-state index contributed by atoms with van der Waals surface area (Å²) in [4.78, 5) is 21.0. The van der Waals surface area contributed by atoms with Crippen LogP contribution in [0.3, 0.4) is 0 Å². The molecule has 1 atom stereocenters. The minimum absolute atomic E-state index is 0.0952. The van der Waals surface area contributed by atoms with E-state index in [0.29, 0.717) is 0 Å². The Balaban J connectivity index is 4.84. The van der Waals surface area contributed by atoms with Crippen LogP contribution in [0.5, 0.6) is 0 Å². The fraction of sp³-hybridized carbons (Fsp3) is 0.667. The number of carboxylic acids is 1. The largest absolute Gasteiger partial charge is 0.480 e. The van der Waals surface area contributed by atoms with Gasteiger partial charge < -0.3 is 5.11 Å². The van der Waals surface area contributed by atoms with Crippen LogP contribution in [-0.4, -0.2) is 41.6 Å². The molecular formula is C6H11NO6S. The molecule has 3 N–H and O–H groups in total. The molecule has 0 saturated heterocycles. The van der Waals surface area contributed by atoms with E-state index in [1.807, 2.05) is 0 Å². The smallest absolute Gasteiger partial charge is 0.318 e. The molecule has 1 unspecified atom stereocenters. The van der Waals surface area contributed by atoms with Crippen LogP contribution in [-0.2, 0) is 19.4 Å². The number of carbonyl (C=O) groups excluding carboxylic acids is 1. The number of amides is 1. The Labute approximate surface area is 80.6 Å². The molecule has 0 fully saturated rings. The van der Waals surface area contributed by atoms with E-state index in [-0.39, 0.29) is 6.42 Å². The maximum atomic E-state index is 11.2. The van der Waals surface area contributed by atoms with E-state index in [4.69, 9.17) is 10.3 Å². The molecule has 0 heterocycles. The average Bonchev–Trinajstić information content (AvgIpc) is 2.02. The molecule has 0 saturated carbocycles. The van der Waals surface area contributed by atoms with E-state index in [0.717, 1.165) is 0 Å². The first-order chi connectivity index (χ1) is 6.35. The van der Waals surface area contributed by atoms with Gasteiger partial charge in [0.25, 0.3) is 5.91 Å². The van der Waals surface area contributed by atoms with E-state index in [1.54, 1.807) is 0 Å². The Kier molecular flexibility index (Phi) is 4.51. The highest BCUT2D eigenvalue weighted by Gasteiger charge is 2.32. The quantitative estimate of drug-likeness (QED) is 0.398. The molecule has 0 bridgehead atoms. The van der Waals surface area contributed by atoms with Crippen LogP contribution < -0.4 is 5.48 Å². The van der Waals surface area contributed by atoms with Crippen molar-refractivity contribution in [1.29, 1.82) is 0 Å². The zero-order valence-electron chi connectivity index (χ0n) is 7.43. The fourth-order valence-electron chi connectivity index (χ4n) is 0.947. The molecule has 14 heavy (non-hydrogen) atoms. The number of sulfone groups is 1. The first-order valence-electron chi connectivity index (χ1n) is 3.72. The lowest BCUT2D eigenvalue weighted by Gasteiger charge is -2.11. The second-order valence-electron chi connectivity index (χ2n) is 2.57. The fourth-order valence-corrected chi connectivity index (χ4v) is 2.38. The molecule has 0 aliphatic carbocycles. The molecule has 0 aromatic heterocycles. The first kappa shape index (κ1) is 12.8. The second kappa shape index (κ2) is 4.91. The summed E-state index contributed by atoms with van der Waals surface area (Å²) in [7, 11) is -4.05. The molecule has 8 heteroatoms. The summed E-state index contributed by atoms with van der Waals surface area (Å²) in [6.45, 7) is 1.40. The van der Waals surface area contributed by atoms with Crippen LogP contribution in [0.25, 0.3) is 0 Å². The van der Waals surface area contributed by atoms with E-state index in [2.05, 4.69) is 0 Å². The molecule has 82 valence electrons. The monoisotopic (exact) mass is 225 g/mol. The summed E-state index contributed by atoms with van der Waals surface area (Å²) in [5, 5.41) is 15.0. The molecule has 1 amide bonds. The molecule has 0 aliphatic rings. The Morgan fingerprint density at radius 2 is 1.93 bits per heavy atom. The van der Waals surface area contributed by atoms with E-state index < -0.39 is 32.7 Å². The van der Waals surface area contributed by atoms with Crippen LogP contribution in [0.15, 0.2) is 0 Å². The normalized spacial score (nSPS) is 13.3. The van der Waals surface area contributed by atoms with Gasteiger partial charge in [-0.1, -0.05) is 6.92 Å². The molecule has 7 nitrogen and oxygen atoms in total. The summed E-state index contributed by atoms with van der Waals surface area (Å²) in [6.07, 6.45) is -0.0952. The zero-order valence-corrected chi connectivity index (χ0v) is 8.24. The highest BCUT2D eigenvalue weighted by atomic mass is 32.2. The maximum absolute atomic E-state index is 11.2. The van der Waals surface area contributed by atoms with Gasteiger partial charge in [0.1, 0.15) is 11.0 Å².